The average molecular weight is 600 g/mol. The van der Waals surface area contributed by atoms with Gasteiger partial charge in [-0.15, -0.1) is 13.2 Å². The van der Waals surface area contributed by atoms with Gasteiger partial charge in [0.1, 0.15) is 28.3 Å². The molecule has 16 heteroatoms. The Kier molecular flexibility index (Phi) is 8.82. The molecule has 0 saturated carbocycles. The molecule has 1 unspecified atom stereocenters. The molecule has 11 nitrogen and oxygen atoms in total. The number of ether oxygens (including phenoxy) is 3. The minimum absolute atomic E-state index is 0.0142. The number of nitrogens with zero attached hydrogens (tertiary/aromatic N) is 4. The molecule has 1 aromatic heterocycles. The molecule has 4 rings (SSSR count). The molecule has 1 atom stereocenters. The largest absolute Gasteiger partial charge is 0.573 e. The molecule has 0 radical (unpaired) electrons. The number of piperazine rings is 1. The number of halogens is 4. The van der Waals surface area contributed by atoms with Crippen molar-refractivity contribution in [3.63, 3.8) is 0 Å². The fourth-order valence-corrected chi connectivity index (χ4v) is 5.76. The maximum absolute atomic E-state index is 14.5. The summed E-state index contributed by atoms with van der Waals surface area (Å²) in [6, 6.07) is 9.77. The first-order valence-corrected chi connectivity index (χ1v) is 13.5. The summed E-state index contributed by atoms with van der Waals surface area (Å²) in [6.45, 7) is -0.431. The Morgan fingerprint density at radius 1 is 1.05 bits per heavy atom. The average Bonchev–Trinajstić information content (AvgIpc) is 2.95. The van der Waals surface area contributed by atoms with Gasteiger partial charge in [-0.05, 0) is 29.8 Å². The number of benzene rings is 2. The van der Waals surface area contributed by atoms with E-state index in [0.29, 0.717) is 11.4 Å². The van der Waals surface area contributed by atoms with E-state index < -0.39 is 44.8 Å². The second-order valence-corrected chi connectivity index (χ2v) is 10.5. The van der Waals surface area contributed by atoms with E-state index in [9.17, 15) is 30.8 Å². The van der Waals surface area contributed by atoms with Gasteiger partial charge in [-0.3, -0.25) is 4.79 Å². The first kappa shape index (κ1) is 29.8. The van der Waals surface area contributed by atoms with E-state index in [4.69, 9.17) is 9.47 Å². The van der Waals surface area contributed by atoms with Crippen LogP contribution in [0.25, 0.3) is 0 Å². The van der Waals surface area contributed by atoms with Gasteiger partial charge in [-0.2, -0.15) is 14.3 Å². The molecule has 1 saturated heterocycles. The first-order valence-electron chi connectivity index (χ1n) is 12.0. The highest BCUT2D eigenvalue weighted by atomic mass is 32.2. The molecule has 1 aliphatic rings. The second kappa shape index (κ2) is 12.1. The number of rotatable bonds is 9. The van der Waals surface area contributed by atoms with Crippen molar-refractivity contribution in [2.24, 2.45) is 0 Å². The minimum Gasteiger partial charge on any atom is -0.481 e. The van der Waals surface area contributed by atoms with Crippen LogP contribution in [0.2, 0.25) is 0 Å². The van der Waals surface area contributed by atoms with E-state index in [1.807, 2.05) is 0 Å². The summed E-state index contributed by atoms with van der Waals surface area (Å²) < 4.78 is 93.9. The lowest BCUT2D eigenvalue weighted by Gasteiger charge is -2.40. The van der Waals surface area contributed by atoms with Crippen molar-refractivity contribution in [3.05, 3.63) is 66.0 Å². The highest BCUT2D eigenvalue weighted by Gasteiger charge is 2.41. The van der Waals surface area contributed by atoms with Gasteiger partial charge in [0.2, 0.25) is 21.8 Å². The van der Waals surface area contributed by atoms with Crippen molar-refractivity contribution < 1.29 is 45.0 Å². The summed E-state index contributed by atoms with van der Waals surface area (Å²) in [6.07, 6.45) is -4.85. The topological polar surface area (TPSA) is 123 Å². The maximum Gasteiger partial charge on any atom is 0.573 e. The third kappa shape index (κ3) is 7.13. The fourth-order valence-electron chi connectivity index (χ4n) is 4.12. The first-order chi connectivity index (χ1) is 19.4. The molecule has 220 valence electrons. The Hall–Kier alpha value is -4.18. The van der Waals surface area contributed by atoms with Gasteiger partial charge < -0.3 is 24.4 Å². The van der Waals surface area contributed by atoms with Crippen molar-refractivity contribution in [3.8, 4) is 17.6 Å². The molecule has 2 aromatic carbocycles. The van der Waals surface area contributed by atoms with Gasteiger partial charge in [0.05, 0.1) is 14.2 Å². The quantitative estimate of drug-likeness (QED) is 0.370. The summed E-state index contributed by atoms with van der Waals surface area (Å²) in [5.41, 5.74) is 0.425. The van der Waals surface area contributed by atoms with Gasteiger partial charge in [0.15, 0.2) is 0 Å². The van der Waals surface area contributed by atoms with E-state index in [1.54, 1.807) is 4.90 Å². The Balaban J connectivity index is 1.60. The van der Waals surface area contributed by atoms with Crippen LogP contribution >= 0.6 is 0 Å². The lowest BCUT2D eigenvalue weighted by molar-refractivity contribution is -0.274. The minimum atomic E-state index is -4.85. The molecule has 1 fully saturated rings. The molecule has 0 aliphatic carbocycles. The van der Waals surface area contributed by atoms with Crippen LogP contribution in [0.4, 0.5) is 23.4 Å². The SMILES string of the molecule is COc1cc(N2CCN(S(=O)(=O)c3ccccc3F)C(C(=O)NCc3ccc(OC(F)(F)F)cc3)C2)nc(OC)n1. The number of hydrogen-bond donors (Lipinski definition) is 1. The van der Waals surface area contributed by atoms with Crippen LogP contribution in [0.3, 0.4) is 0 Å². The Morgan fingerprint density at radius 2 is 1.76 bits per heavy atom. The third-order valence-electron chi connectivity index (χ3n) is 6.07. The zero-order valence-electron chi connectivity index (χ0n) is 21.8. The standard InChI is InChI=1S/C25H25F4N5O6S/c1-38-22-13-21(31-24(32-22)39-2)33-11-12-34(41(36,37)20-6-4-3-5-18(20)26)19(15-33)23(35)30-14-16-7-9-17(10-8-16)40-25(27,28)29/h3-10,13,19H,11-12,14-15H2,1-2H3,(H,30,35). The van der Waals surface area contributed by atoms with Gasteiger partial charge in [0, 0.05) is 32.2 Å². The number of sulfonamides is 1. The molecule has 0 spiro atoms. The van der Waals surface area contributed by atoms with Crippen LogP contribution in [0.15, 0.2) is 59.5 Å². The number of amides is 1. The van der Waals surface area contributed by atoms with Crippen molar-refractivity contribution in [2.75, 3.05) is 38.8 Å². The van der Waals surface area contributed by atoms with Gasteiger partial charge in [-0.25, -0.2) is 12.8 Å². The van der Waals surface area contributed by atoms with E-state index in [2.05, 4.69) is 20.0 Å². The molecule has 2 heterocycles. The van der Waals surface area contributed by atoms with Crippen LogP contribution < -0.4 is 24.4 Å². The molecule has 1 N–H and O–H groups in total. The molecule has 1 aliphatic heterocycles. The number of alkyl halides is 3. The number of aromatic nitrogens is 2. The maximum atomic E-state index is 14.5. The fraction of sp³-hybridized carbons (Fsp3) is 0.320. The van der Waals surface area contributed by atoms with Crippen LogP contribution in [-0.2, 0) is 21.4 Å². The normalized spacial score (nSPS) is 16.2. The monoisotopic (exact) mass is 599 g/mol. The Morgan fingerprint density at radius 3 is 2.39 bits per heavy atom. The summed E-state index contributed by atoms with van der Waals surface area (Å²) in [5.74, 6) is -1.66. The lowest BCUT2D eigenvalue weighted by atomic mass is 10.1. The van der Waals surface area contributed by atoms with E-state index in [-0.39, 0.29) is 38.1 Å². The summed E-state index contributed by atoms with van der Waals surface area (Å²) in [4.78, 5) is 22.8. The van der Waals surface area contributed by atoms with Crippen LogP contribution in [0.1, 0.15) is 5.56 Å². The zero-order valence-corrected chi connectivity index (χ0v) is 22.6. The molecular weight excluding hydrogens is 574 g/mol. The molecule has 3 aromatic rings. The third-order valence-corrected chi connectivity index (χ3v) is 8.01. The number of carbonyl (C=O) groups excluding carboxylic acids is 1. The zero-order chi connectivity index (χ0) is 29.8. The molecular formula is C25H25F4N5O6S. The second-order valence-electron chi connectivity index (χ2n) is 8.67. The molecule has 41 heavy (non-hydrogen) atoms. The van der Waals surface area contributed by atoms with E-state index in [1.165, 1.54) is 44.6 Å². The van der Waals surface area contributed by atoms with E-state index >= 15 is 0 Å². The van der Waals surface area contributed by atoms with Crippen LogP contribution in [0, 0.1) is 5.82 Å². The summed E-state index contributed by atoms with van der Waals surface area (Å²) in [5, 5.41) is 2.61. The van der Waals surface area contributed by atoms with Gasteiger partial charge in [-0.1, -0.05) is 24.3 Å². The number of anilines is 1. The highest BCUT2D eigenvalue weighted by Crippen LogP contribution is 2.28. The number of methoxy groups -OCH3 is 2. The van der Waals surface area contributed by atoms with Crippen LogP contribution in [0.5, 0.6) is 17.6 Å². The predicted molar refractivity (Wildman–Crippen MR) is 136 cm³/mol. The van der Waals surface area contributed by atoms with E-state index in [0.717, 1.165) is 28.6 Å². The number of carbonyl (C=O) groups is 1. The van der Waals surface area contributed by atoms with Gasteiger partial charge in [0.25, 0.3) is 0 Å². The summed E-state index contributed by atoms with van der Waals surface area (Å²) >= 11 is 0. The van der Waals surface area contributed by atoms with Crippen molar-refractivity contribution >= 4 is 21.7 Å². The van der Waals surface area contributed by atoms with Crippen LogP contribution in [-0.4, -0.2) is 74.9 Å². The Bertz CT molecular complexity index is 1470. The lowest BCUT2D eigenvalue weighted by Crippen LogP contribution is -2.60. The van der Waals surface area contributed by atoms with Crippen molar-refractivity contribution in [1.29, 1.82) is 0 Å². The number of hydrogen-bond acceptors (Lipinski definition) is 9. The highest BCUT2D eigenvalue weighted by molar-refractivity contribution is 7.89. The Labute approximate surface area is 232 Å². The molecule has 1 amide bonds. The number of nitrogens with one attached hydrogen (secondary N) is 1. The van der Waals surface area contributed by atoms with Crippen molar-refractivity contribution in [2.45, 2.75) is 23.8 Å². The van der Waals surface area contributed by atoms with Gasteiger partial charge >= 0.3 is 12.4 Å². The van der Waals surface area contributed by atoms with Crippen molar-refractivity contribution in [1.82, 2.24) is 19.6 Å². The smallest absolute Gasteiger partial charge is 0.481 e. The molecule has 0 bridgehead atoms. The summed E-state index contributed by atoms with van der Waals surface area (Å²) in [7, 11) is -1.71. The predicted octanol–water partition coefficient (Wildman–Crippen LogP) is 2.73.